The number of nitrogens with one attached hydrogen (secondary N) is 2. The number of hydrogen-bond donors (Lipinski definition) is 3. The summed E-state index contributed by atoms with van der Waals surface area (Å²) in [5, 5.41) is 15.8. The molecule has 4 heteroatoms. The fourth-order valence-electron chi connectivity index (χ4n) is 2.13. The molecule has 1 atom stereocenters. The predicted octanol–water partition coefficient (Wildman–Crippen LogP) is 1.18. The normalized spacial score (nSPS) is 23.6. The highest BCUT2D eigenvalue weighted by molar-refractivity contribution is 5.96. The van der Waals surface area contributed by atoms with E-state index in [1.54, 1.807) is 25.1 Å². The summed E-state index contributed by atoms with van der Waals surface area (Å²) in [6.45, 7) is 5.49. The van der Waals surface area contributed by atoms with Crippen LogP contribution < -0.4 is 10.6 Å². The van der Waals surface area contributed by atoms with Gasteiger partial charge in [0.15, 0.2) is 0 Å². The van der Waals surface area contributed by atoms with Gasteiger partial charge in [-0.3, -0.25) is 4.79 Å². The van der Waals surface area contributed by atoms with Crippen LogP contribution in [0.3, 0.4) is 0 Å². The lowest BCUT2D eigenvalue weighted by molar-refractivity contribution is 0.0912. The largest absolute Gasteiger partial charge is 0.508 e. The number of phenolic OH excluding ortho intramolecular Hbond substituents is 1. The second-order valence-electron chi connectivity index (χ2n) is 4.89. The molecule has 4 nitrogen and oxygen atoms in total. The molecule has 1 saturated heterocycles. The van der Waals surface area contributed by atoms with Crippen LogP contribution in [0.1, 0.15) is 29.3 Å². The second-order valence-corrected chi connectivity index (χ2v) is 4.89. The highest BCUT2D eigenvalue weighted by atomic mass is 16.3. The van der Waals surface area contributed by atoms with E-state index in [2.05, 4.69) is 10.6 Å². The summed E-state index contributed by atoms with van der Waals surface area (Å²) in [4.78, 5) is 12.1. The fraction of sp³-hybridized carbons (Fsp3) is 0.462. The maximum absolute atomic E-state index is 12.1. The molecule has 0 spiro atoms. The predicted molar refractivity (Wildman–Crippen MR) is 66.2 cm³/mol. The minimum Gasteiger partial charge on any atom is -0.508 e. The van der Waals surface area contributed by atoms with Crippen LogP contribution in [0.25, 0.3) is 0 Å². The Balaban J connectivity index is 2.17. The average Bonchev–Trinajstić information content (AvgIpc) is 2.68. The Bertz CT molecular complexity index is 437. The van der Waals surface area contributed by atoms with Crippen LogP contribution in [0.2, 0.25) is 0 Å². The Morgan fingerprint density at radius 3 is 2.94 bits per heavy atom. The summed E-state index contributed by atoms with van der Waals surface area (Å²) in [6, 6.07) is 5.01. The molecule has 0 aliphatic carbocycles. The summed E-state index contributed by atoms with van der Waals surface area (Å²) in [7, 11) is 0. The van der Waals surface area contributed by atoms with E-state index in [1.165, 1.54) is 0 Å². The van der Waals surface area contributed by atoms with Gasteiger partial charge in [0.2, 0.25) is 0 Å². The van der Waals surface area contributed by atoms with E-state index < -0.39 is 0 Å². The third kappa shape index (κ3) is 2.42. The van der Waals surface area contributed by atoms with Gasteiger partial charge < -0.3 is 15.7 Å². The monoisotopic (exact) mass is 234 g/mol. The first-order valence-electron chi connectivity index (χ1n) is 5.84. The van der Waals surface area contributed by atoms with Gasteiger partial charge in [0.05, 0.1) is 5.54 Å². The van der Waals surface area contributed by atoms with Gasteiger partial charge in [-0.15, -0.1) is 0 Å². The highest BCUT2D eigenvalue weighted by Crippen LogP contribution is 2.21. The summed E-state index contributed by atoms with van der Waals surface area (Å²) in [6.07, 6.45) is 0.927. The molecule has 1 heterocycles. The Hall–Kier alpha value is -1.55. The maximum atomic E-state index is 12.1. The molecule has 3 N–H and O–H groups in total. The number of hydrogen-bond acceptors (Lipinski definition) is 3. The number of amides is 1. The molecule has 1 unspecified atom stereocenters. The smallest absolute Gasteiger partial charge is 0.252 e. The molecule has 0 saturated carbocycles. The summed E-state index contributed by atoms with van der Waals surface area (Å²) >= 11 is 0. The summed E-state index contributed by atoms with van der Waals surface area (Å²) < 4.78 is 0. The molecule has 2 rings (SSSR count). The Morgan fingerprint density at radius 2 is 2.29 bits per heavy atom. The zero-order valence-corrected chi connectivity index (χ0v) is 10.2. The number of rotatable bonds is 2. The van der Waals surface area contributed by atoms with Crippen LogP contribution in [-0.2, 0) is 0 Å². The molecule has 1 amide bonds. The van der Waals surface area contributed by atoms with Crippen LogP contribution in [0.5, 0.6) is 5.75 Å². The maximum Gasteiger partial charge on any atom is 0.252 e. The number of carbonyl (C=O) groups excluding carboxylic acids is 1. The van der Waals surface area contributed by atoms with Crippen molar-refractivity contribution in [2.75, 3.05) is 13.1 Å². The molecule has 0 radical (unpaired) electrons. The van der Waals surface area contributed by atoms with Crippen molar-refractivity contribution in [3.63, 3.8) is 0 Å². The number of phenols is 1. The molecular formula is C13H18N2O2. The van der Waals surface area contributed by atoms with E-state index in [9.17, 15) is 9.90 Å². The Kier molecular flexibility index (Phi) is 3.07. The molecule has 1 aliphatic rings. The lowest BCUT2D eigenvalue weighted by Crippen LogP contribution is -2.47. The van der Waals surface area contributed by atoms with Crippen molar-refractivity contribution in [3.8, 4) is 5.75 Å². The van der Waals surface area contributed by atoms with Crippen LogP contribution in [-0.4, -0.2) is 29.6 Å². The van der Waals surface area contributed by atoms with Gasteiger partial charge in [0.1, 0.15) is 5.75 Å². The van der Waals surface area contributed by atoms with E-state index in [1.807, 2.05) is 6.92 Å². The molecule has 1 aliphatic heterocycles. The van der Waals surface area contributed by atoms with Gasteiger partial charge in [0.25, 0.3) is 5.91 Å². The third-order valence-corrected chi connectivity index (χ3v) is 3.33. The molecule has 0 bridgehead atoms. The van der Waals surface area contributed by atoms with Crippen molar-refractivity contribution < 1.29 is 9.90 Å². The standard InChI is InChI=1S/C13H18N2O2/c1-9-10(4-3-5-11(9)16)12(17)15-13(2)6-7-14-8-13/h3-5,14,16H,6-8H2,1-2H3,(H,15,17). The van der Waals surface area contributed by atoms with Crippen molar-refractivity contribution in [2.24, 2.45) is 0 Å². The third-order valence-electron chi connectivity index (χ3n) is 3.33. The van der Waals surface area contributed by atoms with Crippen molar-refractivity contribution in [1.82, 2.24) is 10.6 Å². The molecule has 1 aromatic rings. The lowest BCUT2D eigenvalue weighted by atomic mass is 10.00. The first-order chi connectivity index (χ1) is 8.02. The number of carbonyl (C=O) groups is 1. The van der Waals surface area contributed by atoms with Gasteiger partial charge in [-0.2, -0.15) is 0 Å². The molecule has 92 valence electrons. The van der Waals surface area contributed by atoms with Crippen LogP contribution in [0, 0.1) is 6.92 Å². The minimum atomic E-state index is -0.186. The van der Waals surface area contributed by atoms with E-state index in [4.69, 9.17) is 0 Å². The molecule has 1 aromatic carbocycles. The minimum absolute atomic E-state index is 0.121. The Morgan fingerprint density at radius 1 is 1.53 bits per heavy atom. The van der Waals surface area contributed by atoms with E-state index in [0.717, 1.165) is 19.5 Å². The first-order valence-corrected chi connectivity index (χ1v) is 5.84. The highest BCUT2D eigenvalue weighted by Gasteiger charge is 2.30. The SMILES string of the molecule is Cc1c(O)cccc1C(=O)NC1(C)CCNC1. The number of benzene rings is 1. The fourth-order valence-corrected chi connectivity index (χ4v) is 2.13. The van der Waals surface area contributed by atoms with Crippen LogP contribution in [0.4, 0.5) is 0 Å². The van der Waals surface area contributed by atoms with Crippen molar-refractivity contribution in [2.45, 2.75) is 25.8 Å². The van der Waals surface area contributed by atoms with Crippen molar-refractivity contribution >= 4 is 5.91 Å². The topological polar surface area (TPSA) is 61.4 Å². The van der Waals surface area contributed by atoms with Gasteiger partial charge in [-0.1, -0.05) is 6.07 Å². The molecule has 0 aromatic heterocycles. The van der Waals surface area contributed by atoms with Crippen LogP contribution >= 0.6 is 0 Å². The summed E-state index contributed by atoms with van der Waals surface area (Å²) in [5.74, 6) is 0.0388. The molecular weight excluding hydrogens is 216 g/mol. The van der Waals surface area contributed by atoms with E-state index in [0.29, 0.717) is 11.1 Å². The lowest BCUT2D eigenvalue weighted by Gasteiger charge is -2.25. The van der Waals surface area contributed by atoms with Crippen molar-refractivity contribution in [3.05, 3.63) is 29.3 Å². The average molecular weight is 234 g/mol. The quantitative estimate of drug-likeness (QED) is 0.720. The van der Waals surface area contributed by atoms with Gasteiger partial charge in [-0.25, -0.2) is 0 Å². The van der Waals surface area contributed by atoms with Gasteiger partial charge in [-0.05, 0) is 38.9 Å². The van der Waals surface area contributed by atoms with Gasteiger partial charge in [0, 0.05) is 17.7 Å². The zero-order chi connectivity index (χ0) is 12.5. The Labute approximate surface area is 101 Å². The number of aromatic hydroxyl groups is 1. The molecule has 1 fully saturated rings. The first kappa shape index (κ1) is 11.9. The zero-order valence-electron chi connectivity index (χ0n) is 10.2. The van der Waals surface area contributed by atoms with Crippen LogP contribution in [0.15, 0.2) is 18.2 Å². The van der Waals surface area contributed by atoms with Gasteiger partial charge >= 0.3 is 0 Å². The van der Waals surface area contributed by atoms with E-state index >= 15 is 0 Å². The summed E-state index contributed by atoms with van der Waals surface area (Å²) in [5.41, 5.74) is 0.979. The van der Waals surface area contributed by atoms with E-state index in [-0.39, 0.29) is 17.2 Å². The van der Waals surface area contributed by atoms with Crippen molar-refractivity contribution in [1.29, 1.82) is 0 Å². The molecule has 17 heavy (non-hydrogen) atoms. The second kappa shape index (κ2) is 4.37.